The third-order valence-electron chi connectivity index (χ3n) is 4.53. The largest absolute Gasteiger partial charge is 0.507 e. The first-order valence-electron chi connectivity index (χ1n) is 6.96. The van der Waals surface area contributed by atoms with Gasteiger partial charge in [0.05, 0.1) is 4.90 Å². The lowest BCUT2D eigenvalue weighted by Gasteiger charge is -2.17. The number of aromatic hydroxyl groups is 1. The number of hydrogen-bond donors (Lipinski definition) is 2. The predicted molar refractivity (Wildman–Crippen MR) is 74.7 cm³/mol. The van der Waals surface area contributed by atoms with E-state index in [0.717, 1.165) is 31.4 Å². The summed E-state index contributed by atoms with van der Waals surface area (Å²) >= 11 is 0. The zero-order chi connectivity index (χ0) is 15.2. The van der Waals surface area contributed by atoms with E-state index in [4.69, 9.17) is 5.11 Å². The molecule has 2 aliphatic rings. The topological polar surface area (TPSA) is 94.9 Å². The number of nitrogens with zero attached hydrogens (tertiary/aromatic N) is 1. The highest BCUT2D eigenvalue weighted by atomic mass is 32.2. The van der Waals surface area contributed by atoms with Crippen molar-refractivity contribution in [3.8, 4) is 5.75 Å². The molecule has 0 radical (unpaired) electrons. The lowest BCUT2D eigenvalue weighted by Crippen LogP contribution is -2.29. The van der Waals surface area contributed by atoms with Crippen molar-refractivity contribution >= 4 is 16.0 Å². The van der Waals surface area contributed by atoms with Crippen molar-refractivity contribution in [2.24, 2.45) is 11.8 Å². The van der Waals surface area contributed by atoms with Crippen LogP contribution in [0.4, 0.5) is 0 Å². The molecule has 1 saturated heterocycles. The number of carboxylic acid groups (broad SMARTS) is 1. The van der Waals surface area contributed by atoms with Gasteiger partial charge in [-0.1, -0.05) is 6.42 Å². The first-order chi connectivity index (χ1) is 9.89. The molecule has 6 nitrogen and oxygen atoms in total. The Kier molecular flexibility index (Phi) is 3.41. The van der Waals surface area contributed by atoms with E-state index in [-0.39, 0.29) is 4.90 Å². The summed E-state index contributed by atoms with van der Waals surface area (Å²) < 4.78 is 26.7. The summed E-state index contributed by atoms with van der Waals surface area (Å²) in [7, 11) is -3.69. The van der Waals surface area contributed by atoms with E-state index >= 15 is 0 Å². The van der Waals surface area contributed by atoms with Crippen LogP contribution < -0.4 is 0 Å². The molecule has 0 amide bonds. The molecule has 1 aliphatic heterocycles. The van der Waals surface area contributed by atoms with E-state index in [2.05, 4.69) is 0 Å². The zero-order valence-corrected chi connectivity index (χ0v) is 12.2. The number of phenols is 1. The SMILES string of the molecule is O=C(O)c1cc(S(=O)(=O)N2CC3CCCC3C2)ccc1O. The molecule has 1 aromatic rings. The molecule has 2 unspecified atom stereocenters. The molecule has 7 heteroatoms. The highest BCUT2D eigenvalue weighted by Crippen LogP contribution is 2.40. The Balaban J connectivity index is 1.92. The van der Waals surface area contributed by atoms with Gasteiger partial charge < -0.3 is 10.2 Å². The maximum Gasteiger partial charge on any atom is 0.339 e. The van der Waals surface area contributed by atoms with Gasteiger partial charge in [0.1, 0.15) is 11.3 Å². The van der Waals surface area contributed by atoms with Crippen molar-refractivity contribution in [3.05, 3.63) is 23.8 Å². The number of rotatable bonds is 3. The Hall–Kier alpha value is -1.60. The van der Waals surface area contributed by atoms with Gasteiger partial charge in [-0.15, -0.1) is 0 Å². The van der Waals surface area contributed by atoms with E-state index in [9.17, 15) is 18.3 Å². The van der Waals surface area contributed by atoms with Gasteiger partial charge in [0.2, 0.25) is 10.0 Å². The van der Waals surface area contributed by atoms with Crippen LogP contribution in [0.2, 0.25) is 0 Å². The Morgan fingerprint density at radius 1 is 1.19 bits per heavy atom. The first kappa shape index (κ1) is 14.3. The highest BCUT2D eigenvalue weighted by molar-refractivity contribution is 7.89. The first-order valence-corrected chi connectivity index (χ1v) is 8.40. The fourth-order valence-electron chi connectivity index (χ4n) is 3.38. The summed E-state index contributed by atoms with van der Waals surface area (Å²) in [5.74, 6) is -0.922. The van der Waals surface area contributed by atoms with Crippen molar-refractivity contribution in [3.63, 3.8) is 0 Å². The summed E-state index contributed by atoms with van der Waals surface area (Å²) in [6.07, 6.45) is 3.28. The fourth-order valence-corrected chi connectivity index (χ4v) is 4.96. The third-order valence-corrected chi connectivity index (χ3v) is 6.36. The van der Waals surface area contributed by atoms with Crippen LogP contribution in [0.5, 0.6) is 5.75 Å². The molecule has 1 heterocycles. The molecule has 3 rings (SSSR count). The van der Waals surface area contributed by atoms with E-state index in [0.29, 0.717) is 24.9 Å². The van der Waals surface area contributed by atoms with E-state index in [1.165, 1.54) is 10.4 Å². The van der Waals surface area contributed by atoms with Gasteiger partial charge in [-0.25, -0.2) is 13.2 Å². The Morgan fingerprint density at radius 2 is 1.81 bits per heavy atom. The van der Waals surface area contributed by atoms with Crippen LogP contribution in [0.3, 0.4) is 0 Å². The number of sulfonamides is 1. The molecule has 1 aromatic carbocycles. The van der Waals surface area contributed by atoms with E-state index in [1.807, 2.05) is 0 Å². The average Bonchev–Trinajstić information content (AvgIpc) is 2.99. The van der Waals surface area contributed by atoms with Gasteiger partial charge in [-0.3, -0.25) is 0 Å². The molecule has 2 N–H and O–H groups in total. The summed E-state index contributed by atoms with van der Waals surface area (Å²) in [5.41, 5.74) is -0.393. The van der Waals surface area contributed by atoms with Crippen LogP contribution in [-0.2, 0) is 10.0 Å². The van der Waals surface area contributed by atoms with Gasteiger partial charge >= 0.3 is 5.97 Å². The second kappa shape index (κ2) is 4.99. The number of carboxylic acids is 1. The van der Waals surface area contributed by atoms with Crippen molar-refractivity contribution in [1.82, 2.24) is 4.31 Å². The molecule has 21 heavy (non-hydrogen) atoms. The molecule has 0 spiro atoms. The second-order valence-electron chi connectivity index (χ2n) is 5.76. The summed E-state index contributed by atoms with van der Waals surface area (Å²) in [4.78, 5) is 10.9. The van der Waals surface area contributed by atoms with Crippen molar-refractivity contribution in [2.75, 3.05) is 13.1 Å². The van der Waals surface area contributed by atoms with Crippen molar-refractivity contribution in [2.45, 2.75) is 24.2 Å². The van der Waals surface area contributed by atoms with Crippen LogP contribution >= 0.6 is 0 Å². The molecule has 0 bridgehead atoms. The van der Waals surface area contributed by atoms with Crippen LogP contribution in [0.25, 0.3) is 0 Å². The van der Waals surface area contributed by atoms with Gasteiger partial charge in [0.15, 0.2) is 0 Å². The van der Waals surface area contributed by atoms with Crippen LogP contribution in [-0.4, -0.2) is 42.0 Å². The lowest BCUT2D eigenvalue weighted by molar-refractivity contribution is 0.0693. The quantitative estimate of drug-likeness (QED) is 0.882. The van der Waals surface area contributed by atoms with Gasteiger partial charge in [0, 0.05) is 13.1 Å². The summed E-state index contributed by atoms with van der Waals surface area (Å²) in [6.45, 7) is 1.02. The van der Waals surface area contributed by atoms with E-state index in [1.54, 1.807) is 0 Å². The normalized spacial score (nSPS) is 25.9. The minimum Gasteiger partial charge on any atom is -0.507 e. The molecule has 1 aliphatic carbocycles. The molecular formula is C14H17NO5S. The van der Waals surface area contributed by atoms with E-state index < -0.39 is 27.3 Å². The van der Waals surface area contributed by atoms with Crippen molar-refractivity contribution < 1.29 is 23.4 Å². The minimum atomic E-state index is -3.69. The Labute approximate surface area is 123 Å². The van der Waals surface area contributed by atoms with Crippen molar-refractivity contribution in [1.29, 1.82) is 0 Å². The number of carbonyl (C=O) groups is 1. The van der Waals surface area contributed by atoms with Gasteiger partial charge in [0.25, 0.3) is 0 Å². The second-order valence-corrected chi connectivity index (χ2v) is 7.70. The molecule has 2 atom stereocenters. The maximum atomic E-state index is 12.6. The van der Waals surface area contributed by atoms with Gasteiger partial charge in [-0.05, 0) is 42.9 Å². The lowest BCUT2D eigenvalue weighted by atomic mass is 10.0. The standard InChI is InChI=1S/C14H17NO5S/c16-13-5-4-11(6-12(13)14(17)18)21(19,20)15-7-9-2-1-3-10(9)8-15/h4-6,9-10,16H,1-3,7-8H2,(H,17,18). The predicted octanol–water partition coefficient (Wildman–Crippen LogP) is 1.51. The molecule has 1 saturated carbocycles. The third kappa shape index (κ3) is 2.40. The number of aromatic carboxylic acids is 1. The number of hydrogen-bond acceptors (Lipinski definition) is 4. The average molecular weight is 311 g/mol. The maximum absolute atomic E-state index is 12.6. The fraction of sp³-hybridized carbons (Fsp3) is 0.500. The van der Waals surface area contributed by atoms with Crippen LogP contribution in [0.1, 0.15) is 29.6 Å². The zero-order valence-electron chi connectivity index (χ0n) is 11.4. The number of benzene rings is 1. The summed E-state index contributed by atoms with van der Waals surface area (Å²) in [6, 6.07) is 3.40. The summed E-state index contributed by atoms with van der Waals surface area (Å²) in [5, 5.41) is 18.5. The molecule has 2 fully saturated rings. The van der Waals surface area contributed by atoms with Crippen LogP contribution in [0.15, 0.2) is 23.1 Å². The number of fused-ring (bicyclic) bond motifs is 1. The van der Waals surface area contributed by atoms with Crippen LogP contribution in [0, 0.1) is 11.8 Å². The molecule has 114 valence electrons. The van der Waals surface area contributed by atoms with Gasteiger partial charge in [-0.2, -0.15) is 4.31 Å². The minimum absolute atomic E-state index is 0.0716. The smallest absolute Gasteiger partial charge is 0.339 e. The molecular weight excluding hydrogens is 294 g/mol. The monoisotopic (exact) mass is 311 g/mol. The molecule has 0 aromatic heterocycles. The Morgan fingerprint density at radius 3 is 2.38 bits per heavy atom. The Bertz CT molecular complexity index is 673. The highest BCUT2D eigenvalue weighted by Gasteiger charge is 2.41.